The molecular formula is C14H14ClNS. The highest BCUT2D eigenvalue weighted by Gasteiger charge is 2.06. The molecule has 0 radical (unpaired) electrons. The van der Waals surface area contributed by atoms with Crippen molar-refractivity contribution in [3.8, 4) is 0 Å². The van der Waals surface area contributed by atoms with E-state index in [4.69, 9.17) is 17.3 Å². The van der Waals surface area contributed by atoms with Gasteiger partial charge < -0.3 is 5.73 Å². The minimum Gasteiger partial charge on any atom is -0.324 e. The van der Waals surface area contributed by atoms with Crippen LogP contribution in [-0.2, 0) is 0 Å². The van der Waals surface area contributed by atoms with Gasteiger partial charge in [0.2, 0.25) is 0 Å². The number of nitrogens with two attached hydrogens (primary N) is 1. The van der Waals surface area contributed by atoms with Crippen molar-refractivity contribution < 1.29 is 0 Å². The number of hydrogen-bond donors (Lipinski definition) is 1. The van der Waals surface area contributed by atoms with E-state index in [-0.39, 0.29) is 6.04 Å². The first-order valence-electron chi connectivity index (χ1n) is 5.45. The molecule has 17 heavy (non-hydrogen) atoms. The van der Waals surface area contributed by atoms with Gasteiger partial charge in [-0.25, -0.2) is 0 Å². The van der Waals surface area contributed by atoms with Crippen molar-refractivity contribution >= 4 is 23.4 Å². The summed E-state index contributed by atoms with van der Waals surface area (Å²) in [5.74, 6) is 0. The highest BCUT2D eigenvalue weighted by Crippen LogP contribution is 2.34. The summed E-state index contributed by atoms with van der Waals surface area (Å²) < 4.78 is 0. The highest BCUT2D eigenvalue weighted by molar-refractivity contribution is 7.99. The first-order chi connectivity index (χ1) is 8.16. The first-order valence-corrected chi connectivity index (χ1v) is 6.64. The Balaban J connectivity index is 2.23. The summed E-state index contributed by atoms with van der Waals surface area (Å²) in [5.41, 5.74) is 6.88. The summed E-state index contributed by atoms with van der Waals surface area (Å²) in [6.07, 6.45) is 0. The molecule has 0 aliphatic rings. The lowest BCUT2D eigenvalue weighted by atomic mass is 10.1. The van der Waals surface area contributed by atoms with E-state index < -0.39 is 0 Å². The molecule has 0 aromatic heterocycles. The van der Waals surface area contributed by atoms with Gasteiger partial charge in [0, 0.05) is 15.8 Å². The molecule has 0 aliphatic carbocycles. The summed E-state index contributed by atoms with van der Waals surface area (Å²) in [4.78, 5) is 2.24. The normalized spacial score (nSPS) is 12.4. The predicted octanol–water partition coefficient (Wildman–Crippen LogP) is 4.51. The summed E-state index contributed by atoms with van der Waals surface area (Å²) in [6.45, 7) is 1.95. The summed E-state index contributed by atoms with van der Waals surface area (Å²) >= 11 is 7.91. The topological polar surface area (TPSA) is 26.0 Å². The Morgan fingerprint density at radius 3 is 2.41 bits per heavy atom. The van der Waals surface area contributed by atoms with E-state index in [9.17, 15) is 0 Å². The van der Waals surface area contributed by atoms with Gasteiger partial charge >= 0.3 is 0 Å². The van der Waals surface area contributed by atoms with Crippen LogP contribution in [0.15, 0.2) is 58.3 Å². The lowest BCUT2D eigenvalue weighted by Crippen LogP contribution is -2.04. The van der Waals surface area contributed by atoms with E-state index in [1.165, 1.54) is 4.90 Å². The fourth-order valence-corrected chi connectivity index (χ4v) is 2.64. The second-order valence-electron chi connectivity index (χ2n) is 3.89. The maximum Gasteiger partial charge on any atom is 0.0548 e. The van der Waals surface area contributed by atoms with Crippen molar-refractivity contribution in [3.05, 3.63) is 59.1 Å². The second-order valence-corrected chi connectivity index (χ2v) is 5.42. The number of hydrogen-bond acceptors (Lipinski definition) is 2. The van der Waals surface area contributed by atoms with Crippen LogP contribution in [0.1, 0.15) is 18.5 Å². The van der Waals surface area contributed by atoms with Crippen LogP contribution in [-0.4, -0.2) is 0 Å². The quantitative estimate of drug-likeness (QED) is 0.882. The van der Waals surface area contributed by atoms with Crippen LogP contribution < -0.4 is 5.73 Å². The van der Waals surface area contributed by atoms with Gasteiger partial charge in [-0.3, -0.25) is 0 Å². The molecule has 0 bridgehead atoms. The van der Waals surface area contributed by atoms with Crippen molar-refractivity contribution in [2.75, 3.05) is 0 Å². The third kappa shape index (κ3) is 3.25. The van der Waals surface area contributed by atoms with Crippen LogP contribution in [0, 0.1) is 0 Å². The van der Waals surface area contributed by atoms with Gasteiger partial charge in [-0.1, -0.05) is 47.6 Å². The first kappa shape index (κ1) is 12.5. The van der Waals surface area contributed by atoms with Crippen molar-refractivity contribution in [1.29, 1.82) is 0 Å². The maximum atomic E-state index is 6.25. The fourth-order valence-electron chi connectivity index (χ4n) is 1.50. The molecule has 2 aromatic carbocycles. The Labute approximate surface area is 111 Å². The van der Waals surface area contributed by atoms with Crippen molar-refractivity contribution in [2.45, 2.75) is 22.8 Å². The van der Waals surface area contributed by atoms with Gasteiger partial charge in [-0.2, -0.15) is 0 Å². The van der Waals surface area contributed by atoms with Gasteiger partial charge in [0.25, 0.3) is 0 Å². The third-order valence-corrected chi connectivity index (χ3v) is 3.96. The molecule has 2 aromatic rings. The van der Waals surface area contributed by atoms with Gasteiger partial charge in [0.15, 0.2) is 0 Å². The highest BCUT2D eigenvalue weighted by atomic mass is 35.5. The molecule has 0 saturated carbocycles. The van der Waals surface area contributed by atoms with Gasteiger partial charge in [0.05, 0.1) is 5.02 Å². The Kier molecular flexibility index (Phi) is 4.11. The number of rotatable bonds is 3. The molecule has 1 nitrogen and oxygen atoms in total. The van der Waals surface area contributed by atoms with Gasteiger partial charge in [-0.15, -0.1) is 0 Å². The second kappa shape index (κ2) is 5.58. The molecule has 0 amide bonds. The largest absolute Gasteiger partial charge is 0.324 e. The Bertz CT molecular complexity index is 497. The van der Waals surface area contributed by atoms with Gasteiger partial charge in [-0.05, 0) is 36.8 Å². The van der Waals surface area contributed by atoms with E-state index in [2.05, 4.69) is 12.1 Å². The number of halogens is 1. The van der Waals surface area contributed by atoms with Crippen LogP contribution in [0.2, 0.25) is 5.02 Å². The van der Waals surface area contributed by atoms with E-state index in [1.807, 2.05) is 43.3 Å². The summed E-state index contributed by atoms with van der Waals surface area (Å²) in [6, 6.07) is 16.2. The third-order valence-electron chi connectivity index (χ3n) is 2.45. The van der Waals surface area contributed by atoms with Crippen LogP contribution >= 0.6 is 23.4 Å². The van der Waals surface area contributed by atoms with E-state index in [1.54, 1.807) is 11.8 Å². The molecule has 2 rings (SSSR count). The molecule has 0 aliphatic heterocycles. The van der Waals surface area contributed by atoms with E-state index in [0.717, 1.165) is 15.5 Å². The Morgan fingerprint density at radius 1 is 1.12 bits per heavy atom. The molecule has 0 saturated heterocycles. The van der Waals surface area contributed by atoms with Gasteiger partial charge in [0.1, 0.15) is 0 Å². The molecule has 88 valence electrons. The zero-order valence-electron chi connectivity index (χ0n) is 9.56. The minimum atomic E-state index is 0.0169. The molecule has 0 spiro atoms. The van der Waals surface area contributed by atoms with Crippen molar-refractivity contribution in [3.63, 3.8) is 0 Å². The lowest BCUT2D eigenvalue weighted by Gasteiger charge is -2.09. The molecule has 0 unspecified atom stereocenters. The maximum absolute atomic E-state index is 6.25. The molecule has 2 N–H and O–H groups in total. The molecule has 1 atom stereocenters. The molecular weight excluding hydrogens is 250 g/mol. The van der Waals surface area contributed by atoms with Crippen molar-refractivity contribution in [1.82, 2.24) is 0 Å². The summed E-state index contributed by atoms with van der Waals surface area (Å²) in [7, 11) is 0. The fraction of sp³-hybridized carbons (Fsp3) is 0.143. The summed E-state index contributed by atoms with van der Waals surface area (Å²) in [5, 5.41) is 0.758. The van der Waals surface area contributed by atoms with E-state index in [0.29, 0.717) is 0 Å². The van der Waals surface area contributed by atoms with Crippen LogP contribution in [0.3, 0.4) is 0 Å². The van der Waals surface area contributed by atoms with Crippen LogP contribution in [0.5, 0.6) is 0 Å². The minimum absolute atomic E-state index is 0.0169. The van der Waals surface area contributed by atoms with Crippen LogP contribution in [0.25, 0.3) is 0 Å². The zero-order chi connectivity index (χ0) is 12.3. The zero-order valence-corrected chi connectivity index (χ0v) is 11.1. The average Bonchev–Trinajstić information content (AvgIpc) is 2.33. The Hall–Kier alpha value is -0.960. The van der Waals surface area contributed by atoms with E-state index >= 15 is 0 Å². The predicted molar refractivity (Wildman–Crippen MR) is 74.6 cm³/mol. The Morgan fingerprint density at radius 2 is 1.82 bits per heavy atom. The molecule has 0 heterocycles. The van der Waals surface area contributed by atoms with Crippen LogP contribution in [0.4, 0.5) is 0 Å². The smallest absolute Gasteiger partial charge is 0.0548 e. The van der Waals surface area contributed by atoms with Crippen molar-refractivity contribution in [2.24, 2.45) is 5.73 Å². The SMILES string of the molecule is C[C@@H](N)c1ccc(Sc2ccccc2)c(Cl)c1. The number of benzene rings is 2. The standard InChI is InChI=1S/C14H14ClNS/c1-10(16)11-7-8-14(13(15)9-11)17-12-5-3-2-4-6-12/h2-10H,16H2,1H3/t10-/m1/s1. The monoisotopic (exact) mass is 263 g/mol. The lowest BCUT2D eigenvalue weighted by molar-refractivity contribution is 0.817. The molecule has 3 heteroatoms. The average molecular weight is 264 g/mol. The molecule has 0 fully saturated rings.